The fourth-order valence-corrected chi connectivity index (χ4v) is 1.77. The molecule has 1 aromatic carbocycles. The van der Waals surface area contributed by atoms with Crippen LogP contribution in [0, 0.1) is 0 Å². The molecule has 0 aliphatic carbocycles. The molecule has 0 aromatic heterocycles. The molecule has 6 nitrogen and oxygen atoms in total. The van der Waals surface area contributed by atoms with Gasteiger partial charge in [0.15, 0.2) is 11.5 Å². The number of hydrogen-bond acceptors (Lipinski definition) is 5. The molecule has 0 bridgehead atoms. The van der Waals surface area contributed by atoms with Crippen molar-refractivity contribution in [3.63, 3.8) is 0 Å². The minimum atomic E-state index is -0.521. The molecule has 1 unspecified atom stereocenters. The molecular weight excluding hydrogens is 260 g/mol. The second kappa shape index (κ2) is 5.58. The Morgan fingerprint density at radius 2 is 2.10 bits per heavy atom. The van der Waals surface area contributed by atoms with E-state index >= 15 is 0 Å². The molecular formula is C14H20N2O4. The average molecular weight is 280 g/mol. The highest BCUT2D eigenvalue weighted by atomic mass is 16.7. The molecule has 110 valence electrons. The van der Waals surface area contributed by atoms with Crippen LogP contribution < -0.4 is 20.5 Å². The molecule has 0 fully saturated rings. The Morgan fingerprint density at radius 3 is 2.80 bits per heavy atom. The summed E-state index contributed by atoms with van der Waals surface area (Å²) in [5.74, 6) is 1.39. The van der Waals surface area contributed by atoms with Crippen molar-refractivity contribution in [1.29, 1.82) is 0 Å². The normalized spacial score (nSPS) is 14.8. The maximum absolute atomic E-state index is 11.5. The maximum atomic E-state index is 11.5. The van der Waals surface area contributed by atoms with Crippen molar-refractivity contribution in [2.24, 2.45) is 5.73 Å². The van der Waals surface area contributed by atoms with E-state index < -0.39 is 11.7 Å². The molecule has 2 rings (SSSR count). The lowest BCUT2D eigenvalue weighted by molar-refractivity contribution is 0.0524. The van der Waals surface area contributed by atoms with E-state index in [0.29, 0.717) is 11.5 Å². The smallest absolute Gasteiger partial charge is 0.407 e. The van der Waals surface area contributed by atoms with Gasteiger partial charge in [0.1, 0.15) is 5.60 Å². The Labute approximate surface area is 118 Å². The summed E-state index contributed by atoms with van der Waals surface area (Å²) in [6, 6.07) is 5.15. The number of amides is 1. The van der Waals surface area contributed by atoms with E-state index in [4.69, 9.17) is 19.9 Å². The number of nitrogens with one attached hydrogen (secondary N) is 1. The van der Waals surface area contributed by atoms with Gasteiger partial charge >= 0.3 is 6.09 Å². The Morgan fingerprint density at radius 1 is 1.40 bits per heavy atom. The van der Waals surface area contributed by atoms with Crippen LogP contribution in [0.1, 0.15) is 32.4 Å². The first-order valence-electron chi connectivity index (χ1n) is 6.47. The van der Waals surface area contributed by atoms with E-state index in [1.807, 2.05) is 39.0 Å². The first kappa shape index (κ1) is 14.5. The van der Waals surface area contributed by atoms with Gasteiger partial charge in [-0.2, -0.15) is 0 Å². The highest BCUT2D eigenvalue weighted by Crippen LogP contribution is 2.33. The molecule has 0 spiro atoms. The van der Waals surface area contributed by atoms with Gasteiger partial charge in [-0.3, -0.25) is 0 Å². The molecule has 1 aliphatic rings. The number of benzene rings is 1. The number of hydrogen-bond donors (Lipinski definition) is 2. The summed E-state index contributed by atoms with van der Waals surface area (Å²) in [5.41, 5.74) is 6.38. The van der Waals surface area contributed by atoms with Gasteiger partial charge in [0.25, 0.3) is 0 Å². The molecule has 0 saturated heterocycles. The fraction of sp³-hybridized carbons (Fsp3) is 0.500. The summed E-state index contributed by atoms with van der Waals surface area (Å²) in [6.45, 7) is 5.94. The first-order chi connectivity index (χ1) is 9.35. The van der Waals surface area contributed by atoms with E-state index in [1.54, 1.807) is 0 Å². The summed E-state index contributed by atoms with van der Waals surface area (Å²) in [6.07, 6.45) is -0.478. The van der Waals surface area contributed by atoms with Crippen LogP contribution in [-0.4, -0.2) is 25.0 Å². The van der Waals surface area contributed by atoms with Crippen molar-refractivity contribution in [3.05, 3.63) is 23.8 Å². The van der Waals surface area contributed by atoms with E-state index in [1.165, 1.54) is 0 Å². The van der Waals surface area contributed by atoms with Gasteiger partial charge in [-0.25, -0.2) is 4.79 Å². The van der Waals surface area contributed by atoms with Crippen molar-refractivity contribution >= 4 is 6.09 Å². The highest BCUT2D eigenvalue weighted by molar-refractivity contribution is 5.67. The van der Waals surface area contributed by atoms with Gasteiger partial charge < -0.3 is 25.3 Å². The Bertz CT molecular complexity index is 496. The van der Waals surface area contributed by atoms with E-state index in [-0.39, 0.29) is 19.4 Å². The number of carbonyl (C=O) groups is 1. The number of ether oxygens (including phenoxy) is 3. The van der Waals surface area contributed by atoms with Crippen LogP contribution in [0.4, 0.5) is 4.79 Å². The highest BCUT2D eigenvalue weighted by Gasteiger charge is 2.18. The molecule has 3 N–H and O–H groups in total. The Kier molecular flexibility index (Phi) is 4.04. The van der Waals surface area contributed by atoms with Crippen LogP contribution in [0.25, 0.3) is 0 Å². The number of carbonyl (C=O) groups excluding carboxylic acids is 1. The summed E-state index contributed by atoms with van der Waals surface area (Å²) in [5, 5.41) is 2.65. The molecule has 1 atom stereocenters. The van der Waals surface area contributed by atoms with Gasteiger partial charge in [-0.15, -0.1) is 0 Å². The Hall–Kier alpha value is -1.95. The SMILES string of the molecule is CC(C)(C)OC(=O)NCC(N)c1ccc2c(c1)OCO2. The van der Waals surface area contributed by atoms with Gasteiger partial charge in [0, 0.05) is 12.6 Å². The number of rotatable bonds is 3. The summed E-state index contributed by atoms with van der Waals surface area (Å²) in [4.78, 5) is 11.5. The monoisotopic (exact) mass is 280 g/mol. The minimum Gasteiger partial charge on any atom is -0.454 e. The second-order valence-electron chi connectivity index (χ2n) is 5.60. The third kappa shape index (κ3) is 3.77. The van der Waals surface area contributed by atoms with Gasteiger partial charge in [0.2, 0.25) is 6.79 Å². The summed E-state index contributed by atoms with van der Waals surface area (Å²) in [7, 11) is 0. The lowest BCUT2D eigenvalue weighted by Gasteiger charge is -2.21. The predicted molar refractivity (Wildman–Crippen MR) is 73.7 cm³/mol. The summed E-state index contributed by atoms with van der Waals surface area (Å²) < 4.78 is 15.7. The second-order valence-corrected chi connectivity index (χ2v) is 5.60. The average Bonchev–Trinajstić information content (AvgIpc) is 2.80. The lowest BCUT2D eigenvalue weighted by atomic mass is 10.1. The van der Waals surface area contributed by atoms with Crippen LogP contribution in [0.5, 0.6) is 11.5 Å². The fourth-order valence-electron chi connectivity index (χ4n) is 1.77. The van der Waals surface area contributed by atoms with Crippen molar-refractivity contribution in [2.45, 2.75) is 32.4 Å². The topological polar surface area (TPSA) is 82.8 Å². The van der Waals surface area contributed by atoms with E-state index in [9.17, 15) is 4.79 Å². The first-order valence-corrected chi connectivity index (χ1v) is 6.47. The molecule has 1 heterocycles. The zero-order chi connectivity index (χ0) is 14.8. The van der Waals surface area contributed by atoms with Crippen LogP contribution in [-0.2, 0) is 4.74 Å². The number of alkyl carbamates (subject to hydrolysis) is 1. The van der Waals surface area contributed by atoms with E-state index in [2.05, 4.69) is 5.32 Å². The standard InChI is InChI=1S/C14H20N2O4/c1-14(2,3)20-13(17)16-7-10(15)9-4-5-11-12(6-9)19-8-18-11/h4-6,10H,7-8,15H2,1-3H3,(H,16,17). The maximum Gasteiger partial charge on any atom is 0.407 e. The van der Waals surface area contributed by atoms with E-state index in [0.717, 1.165) is 5.56 Å². The van der Waals surface area contributed by atoms with Gasteiger partial charge in [-0.1, -0.05) is 6.07 Å². The molecule has 0 radical (unpaired) electrons. The number of nitrogens with two attached hydrogens (primary N) is 1. The third-order valence-corrected chi connectivity index (χ3v) is 2.69. The van der Waals surface area contributed by atoms with Crippen molar-refractivity contribution < 1.29 is 19.0 Å². The Balaban J connectivity index is 1.89. The molecule has 6 heteroatoms. The zero-order valence-corrected chi connectivity index (χ0v) is 11.9. The summed E-state index contributed by atoms with van der Waals surface area (Å²) >= 11 is 0. The largest absolute Gasteiger partial charge is 0.454 e. The molecule has 0 saturated carbocycles. The van der Waals surface area contributed by atoms with Crippen LogP contribution >= 0.6 is 0 Å². The molecule has 20 heavy (non-hydrogen) atoms. The predicted octanol–water partition coefficient (Wildman–Crippen LogP) is 1.94. The van der Waals surface area contributed by atoms with Gasteiger partial charge in [-0.05, 0) is 38.5 Å². The van der Waals surface area contributed by atoms with Crippen molar-refractivity contribution in [2.75, 3.05) is 13.3 Å². The minimum absolute atomic E-state index is 0.226. The number of fused-ring (bicyclic) bond motifs is 1. The van der Waals surface area contributed by atoms with Crippen molar-refractivity contribution in [3.8, 4) is 11.5 Å². The van der Waals surface area contributed by atoms with Crippen LogP contribution in [0.3, 0.4) is 0 Å². The quantitative estimate of drug-likeness (QED) is 0.884. The zero-order valence-electron chi connectivity index (χ0n) is 11.9. The third-order valence-electron chi connectivity index (χ3n) is 2.69. The molecule has 1 aliphatic heterocycles. The lowest BCUT2D eigenvalue weighted by Crippen LogP contribution is -2.36. The van der Waals surface area contributed by atoms with Crippen LogP contribution in [0.15, 0.2) is 18.2 Å². The van der Waals surface area contributed by atoms with Crippen molar-refractivity contribution in [1.82, 2.24) is 5.32 Å². The molecule has 1 amide bonds. The van der Waals surface area contributed by atoms with Gasteiger partial charge in [0.05, 0.1) is 0 Å². The van der Waals surface area contributed by atoms with Crippen LogP contribution in [0.2, 0.25) is 0 Å². The molecule has 1 aromatic rings.